The predicted molar refractivity (Wildman–Crippen MR) is 84.8 cm³/mol. The third-order valence-corrected chi connectivity index (χ3v) is 7.98. The van der Waals surface area contributed by atoms with Crippen molar-refractivity contribution >= 4 is 11.6 Å². The topological polar surface area (TPSA) is 74.6 Å². The van der Waals surface area contributed by atoms with Crippen LogP contribution in [0.2, 0.25) is 0 Å². The lowest BCUT2D eigenvalue weighted by atomic mass is 9.45. The van der Waals surface area contributed by atoms with Gasteiger partial charge in [-0.2, -0.15) is 0 Å². The van der Waals surface area contributed by atoms with E-state index in [0.717, 1.165) is 19.3 Å². The normalized spacial score (nSPS) is 49.7. The Balaban J connectivity index is 1.77. The van der Waals surface area contributed by atoms with Crippen LogP contribution in [0, 0.1) is 34.5 Å². The van der Waals surface area contributed by atoms with Gasteiger partial charge in [-0.25, -0.2) is 0 Å². The molecule has 0 heterocycles. The Morgan fingerprint density at radius 1 is 0.913 bits per heavy atom. The number of ketones is 2. The number of allylic oxidation sites excluding steroid dienone is 2. The minimum atomic E-state index is -0.833. The molecular weight excluding hydrogens is 292 g/mol. The maximum Gasteiger partial charge on any atom is 0.208 e. The fraction of sp³-hybridized carbons (Fsp3) is 0.789. The quantitative estimate of drug-likeness (QED) is 0.714. The molecule has 2 N–H and O–H groups in total. The van der Waals surface area contributed by atoms with E-state index in [0.29, 0.717) is 23.7 Å². The van der Waals surface area contributed by atoms with Gasteiger partial charge in [0.1, 0.15) is 0 Å². The van der Waals surface area contributed by atoms with Gasteiger partial charge in [-0.15, -0.1) is 0 Å². The van der Waals surface area contributed by atoms with E-state index in [9.17, 15) is 19.8 Å². The van der Waals surface area contributed by atoms with Crippen LogP contribution in [0.3, 0.4) is 0 Å². The fourth-order valence-corrected chi connectivity index (χ4v) is 6.72. The van der Waals surface area contributed by atoms with E-state index in [1.54, 1.807) is 0 Å². The molecule has 4 heteroatoms. The zero-order valence-electron chi connectivity index (χ0n) is 14.0. The molecule has 0 aromatic rings. The van der Waals surface area contributed by atoms with Gasteiger partial charge in [0, 0.05) is 11.3 Å². The summed E-state index contributed by atoms with van der Waals surface area (Å²) in [7, 11) is 0. The molecule has 0 radical (unpaired) electrons. The summed E-state index contributed by atoms with van der Waals surface area (Å²) in [6, 6.07) is 0. The third-order valence-electron chi connectivity index (χ3n) is 7.98. The van der Waals surface area contributed by atoms with E-state index in [1.807, 2.05) is 6.92 Å². The molecule has 0 saturated heterocycles. The molecule has 4 nitrogen and oxygen atoms in total. The lowest BCUT2D eigenvalue weighted by Crippen LogP contribution is -2.58. The monoisotopic (exact) mass is 318 g/mol. The minimum absolute atomic E-state index is 0.157. The zero-order chi connectivity index (χ0) is 16.6. The van der Waals surface area contributed by atoms with Crippen molar-refractivity contribution in [1.29, 1.82) is 0 Å². The second kappa shape index (κ2) is 4.61. The molecule has 0 bridgehead atoms. The molecule has 126 valence electrons. The van der Waals surface area contributed by atoms with E-state index in [1.165, 1.54) is 19.3 Å². The van der Waals surface area contributed by atoms with Gasteiger partial charge in [0.05, 0.1) is 0 Å². The summed E-state index contributed by atoms with van der Waals surface area (Å²) >= 11 is 0. The summed E-state index contributed by atoms with van der Waals surface area (Å²) in [5.41, 5.74) is -0.438. The number of hydrogen-bond donors (Lipinski definition) is 2. The van der Waals surface area contributed by atoms with Crippen molar-refractivity contribution in [2.24, 2.45) is 34.5 Å². The van der Waals surface area contributed by atoms with Crippen LogP contribution in [-0.2, 0) is 9.59 Å². The highest BCUT2D eigenvalue weighted by Crippen LogP contribution is 2.65. The summed E-state index contributed by atoms with van der Waals surface area (Å²) in [6.45, 7) is 4.27. The van der Waals surface area contributed by atoms with Crippen LogP contribution in [0.15, 0.2) is 11.5 Å². The van der Waals surface area contributed by atoms with E-state index >= 15 is 0 Å². The molecule has 0 amide bonds. The van der Waals surface area contributed by atoms with Crippen LogP contribution in [0.5, 0.6) is 0 Å². The van der Waals surface area contributed by atoms with Gasteiger partial charge in [-0.05, 0) is 61.7 Å². The number of carbonyl (C=O) groups is 2. The lowest BCUT2D eigenvalue weighted by molar-refractivity contribution is -0.159. The van der Waals surface area contributed by atoms with Crippen LogP contribution in [0.1, 0.15) is 58.8 Å². The first-order valence-corrected chi connectivity index (χ1v) is 9.02. The number of carbonyl (C=O) groups excluding carboxylic acids is 2. The number of rotatable bonds is 0. The number of hydrogen-bond acceptors (Lipinski definition) is 4. The molecule has 0 spiro atoms. The second-order valence-corrected chi connectivity index (χ2v) is 8.76. The van der Waals surface area contributed by atoms with Crippen molar-refractivity contribution in [3.05, 3.63) is 11.5 Å². The largest absolute Gasteiger partial charge is 0.502 e. The van der Waals surface area contributed by atoms with Crippen LogP contribution in [0.4, 0.5) is 0 Å². The van der Waals surface area contributed by atoms with Gasteiger partial charge >= 0.3 is 0 Å². The molecule has 3 saturated carbocycles. The van der Waals surface area contributed by atoms with Crippen molar-refractivity contribution in [3.63, 3.8) is 0 Å². The molecule has 3 fully saturated rings. The van der Waals surface area contributed by atoms with Crippen molar-refractivity contribution in [3.8, 4) is 0 Å². The van der Waals surface area contributed by atoms with Gasteiger partial charge < -0.3 is 10.2 Å². The number of aliphatic hydroxyl groups is 2. The smallest absolute Gasteiger partial charge is 0.208 e. The van der Waals surface area contributed by atoms with E-state index in [2.05, 4.69) is 6.92 Å². The first-order chi connectivity index (χ1) is 10.8. The average molecular weight is 318 g/mol. The van der Waals surface area contributed by atoms with E-state index in [4.69, 9.17) is 0 Å². The van der Waals surface area contributed by atoms with Crippen LogP contribution in [-0.4, -0.2) is 21.8 Å². The second-order valence-electron chi connectivity index (χ2n) is 8.76. The van der Waals surface area contributed by atoms with Crippen LogP contribution in [0.25, 0.3) is 0 Å². The Morgan fingerprint density at radius 3 is 2.39 bits per heavy atom. The summed E-state index contributed by atoms with van der Waals surface area (Å²) in [6.07, 6.45) is 7.47. The minimum Gasteiger partial charge on any atom is -0.502 e. The highest BCUT2D eigenvalue weighted by Gasteiger charge is 2.63. The average Bonchev–Trinajstić information content (AvgIpc) is 2.93. The van der Waals surface area contributed by atoms with Gasteiger partial charge in [0.2, 0.25) is 23.1 Å². The van der Waals surface area contributed by atoms with Crippen molar-refractivity contribution in [1.82, 2.24) is 0 Å². The summed E-state index contributed by atoms with van der Waals surface area (Å²) < 4.78 is 0. The SMILES string of the molecule is C[C@@]12CCC[C@H]1[C@@H]1CCC3C(=O)C(O)=C(O)C(=O)[C@]3(C)[C@H]1CC2. The van der Waals surface area contributed by atoms with Crippen LogP contribution >= 0.6 is 0 Å². The molecule has 4 aliphatic carbocycles. The standard InChI is InChI=1S/C19H26O4/c1-18-8-3-4-11(18)10-5-6-13-14(20)15(21)16(22)17(23)19(13,2)12(10)7-9-18/h10-13,21-22H,3-9H2,1-2H3/t10-,11-,12-,13?,18-,19+/m0/s1. The number of aliphatic hydroxyl groups excluding tert-OH is 2. The highest BCUT2D eigenvalue weighted by molar-refractivity contribution is 6.13. The molecule has 4 aliphatic rings. The first-order valence-electron chi connectivity index (χ1n) is 9.02. The fourth-order valence-electron chi connectivity index (χ4n) is 6.72. The van der Waals surface area contributed by atoms with E-state index < -0.39 is 34.4 Å². The summed E-state index contributed by atoms with van der Waals surface area (Å²) in [5.74, 6) is -1.43. The Morgan fingerprint density at radius 2 is 1.65 bits per heavy atom. The molecule has 6 atom stereocenters. The Hall–Kier alpha value is -1.32. The maximum absolute atomic E-state index is 12.8. The molecule has 0 aromatic carbocycles. The molecule has 0 aromatic heterocycles. The third kappa shape index (κ3) is 1.72. The Labute approximate surface area is 137 Å². The van der Waals surface area contributed by atoms with Crippen LogP contribution < -0.4 is 0 Å². The van der Waals surface area contributed by atoms with Gasteiger partial charge in [0.15, 0.2) is 0 Å². The lowest BCUT2D eigenvalue weighted by Gasteiger charge is -2.57. The van der Waals surface area contributed by atoms with Crippen molar-refractivity contribution in [2.45, 2.75) is 58.8 Å². The van der Waals surface area contributed by atoms with Gasteiger partial charge in [-0.1, -0.05) is 20.3 Å². The molecular formula is C19H26O4. The Bertz CT molecular complexity index is 621. The van der Waals surface area contributed by atoms with Gasteiger partial charge in [0.25, 0.3) is 0 Å². The summed E-state index contributed by atoms with van der Waals surface area (Å²) in [4.78, 5) is 25.3. The van der Waals surface area contributed by atoms with E-state index in [-0.39, 0.29) is 5.92 Å². The molecule has 23 heavy (non-hydrogen) atoms. The Kier molecular flexibility index (Phi) is 3.05. The van der Waals surface area contributed by atoms with Crippen molar-refractivity contribution in [2.75, 3.05) is 0 Å². The number of fused-ring (bicyclic) bond motifs is 5. The van der Waals surface area contributed by atoms with Gasteiger partial charge in [-0.3, -0.25) is 9.59 Å². The molecule has 1 unspecified atom stereocenters. The summed E-state index contributed by atoms with van der Waals surface area (Å²) in [5, 5.41) is 19.8. The van der Waals surface area contributed by atoms with Crippen molar-refractivity contribution < 1.29 is 19.8 Å². The maximum atomic E-state index is 12.8. The molecule has 0 aliphatic heterocycles. The molecule has 4 rings (SSSR count). The first kappa shape index (κ1) is 15.2. The predicted octanol–water partition coefficient (Wildman–Crippen LogP) is 3.71. The number of Topliss-reactive ketones (excluding diaryl/α,β-unsaturated/α-hetero) is 2. The highest BCUT2D eigenvalue weighted by atomic mass is 16.3. The zero-order valence-corrected chi connectivity index (χ0v) is 14.0.